The summed E-state index contributed by atoms with van der Waals surface area (Å²) >= 11 is 0. The Morgan fingerprint density at radius 3 is 2.15 bits per heavy atom. The van der Waals surface area contributed by atoms with Crippen LogP contribution in [0.1, 0.15) is 40.0 Å². The topological polar surface area (TPSA) is 55.1 Å². The zero-order chi connectivity index (χ0) is 14.7. The molecule has 0 spiro atoms. The van der Waals surface area contributed by atoms with Crippen molar-refractivity contribution in [1.29, 1.82) is 0 Å². The normalized spacial score (nSPS) is 11.9. The molecule has 2 rings (SSSR count). The van der Waals surface area contributed by atoms with Crippen molar-refractivity contribution >= 4 is 11.6 Å². The monoisotopic (exact) mass is 268 g/mol. The van der Waals surface area contributed by atoms with E-state index in [9.17, 15) is 4.79 Å². The van der Waals surface area contributed by atoms with Crippen molar-refractivity contribution in [2.75, 3.05) is 5.73 Å². The highest BCUT2D eigenvalue weighted by Gasteiger charge is 2.11. The molecular weight excluding hydrogens is 248 g/mol. The van der Waals surface area contributed by atoms with E-state index >= 15 is 0 Å². The van der Waals surface area contributed by atoms with E-state index in [1.165, 1.54) is 0 Å². The molecule has 0 aromatic heterocycles. The second-order valence-electron chi connectivity index (χ2n) is 5.24. The van der Waals surface area contributed by atoms with E-state index in [2.05, 4.69) is 11.4 Å². The van der Waals surface area contributed by atoms with Crippen LogP contribution >= 0.6 is 0 Å². The Labute approximate surface area is 119 Å². The lowest BCUT2D eigenvalue weighted by atomic mass is 10.0. The quantitative estimate of drug-likeness (QED) is 0.838. The van der Waals surface area contributed by atoms with E-state index in [0.29, 0.717) is 5.56 Å². The fourth-order valence-electron chi connectivity index (χ4n) is 2.25. The van der Waals surface area contributed by atoms with Crippen LogP contribution in [0.15, 0.2) is 42.5 Å². The van der Waals surface area contributed by atoms with Crippen LogP contribution in [0.25, 0.3) is 0 Å². The molecular formula is C17H20N2O. The molecule has 2 aromatic carbocycles. The summed E-state index contributed by atoms with van der Waals surface area (Å²) in [5.41, 5.74) is 10.3. The van der Waals surface area contributed by atoms with Crippen molar-refractivity contribution in [3.05, 3.63) is 64.7 Å². The van der Waals surface area contributed by atoms with Crippen molar-refractivity contribution in [2.45, 2.75) is 26.8 Å². The number of aryl methyl sites for hydroxylation is 2. The standard InChI is InChI=1S/C17H20N2O/c1-11-8-12(2)10-15(9-11)17(20)19-13(3)14-4-6-16(18)7-5-14/h4-10,13H,18H2,1-3H3,(H,19,20). The molecule has 3 nitrogen and oxygen atoms in total. The second-order valence-corrected chi connectivity index (χ2v) is 5.24. The minimum atomic E-state index is -0.0545. The lowest BCUT2D eigenvalue weighted by molar-refractivity contribution is 0.0939. The first-order valence-electron chi connectivity index (χ1n) is 6.70. The van der Waals surface area contributed by atoms with Crippen LogP contribution in [0, 0.1) is 13.8 Å². The van der Waals surface area contributed by atoms with Crippen molar-refractivity contribution in [2.24, 2.45) is 0 Å². The van der Waals surface area contributed by atoms with E-state index < -0.39 is 0 Å². The molecule has 0 bridgehead atoms. The number of carbonyl (C=O) groups is 1. The number of carbonyl (C=O) groups excluding carboxylic acids is 1. The smallest absolute Gasteiger partial charge is 0.251 e. The van der Waals surface area contributed by atoms with Gasteiger partial charge in [0.1, 0.15) is 0 Å². The van der Waals surface area contributed by atoms with Gasteiger partial charge in [-0.1, -0.05) is 29.3 Å². The number of hydrogen-bond donors (Lipinski definition) is 2. The first-order chi connectivity index (χ1) is 9.45. The predicted octanol–water partition coefficient (Wildman–Crippen LogP) is 3.38. The molecule has 1 amide bonds. The third kappa shape index (κ3) is 3.38. The Kier molecular flexibility index (Phi) is 4.08. The average molecular weight is 268 g/mol. The minimum Gasteiger partial charge on any atom is -0.399 e. The summed E-state index contributed by atoms with van der Waals surface area (Å²) in [4.78, 5) is 12.3. The maximum Gasteiger partial charge on any atom is 0.251 e. The van der Waals surface area contributed by atoms with Gasteiger partial charge in [0.05, 0.1) is 6.04 Å². The molecule has 0 aliphatic heterocycles. The van der Waals surface area contributed by atoms with E-state index in [1.54, 1.807) is 0 Å². The van der Waals surface area contributed by atoms with Crippen LogP contribution in [-0.4, -0.2) is 5.91 Å². The van der Waals surface area contributed by atoms with E-state index in [0.717, 1.165) is 22.4 Å². The Morgan fingerprint density at radius 1 is 1.05 bits per heavy atom. The fourth-order valence-corrected chi connectivity index (χ4v) is 2.25. The Hall–Kier alpha value is -2.29. The molecule has 0 aliphatic rings. The van der Waals surface area contributed by atoms with Crippen molar-refractivity contribution in [3.8, 4) is 0 Å². The largest absolute Gasteiger partial charge is 0.399 e. The summed E-state index contributed by atoms with van der Waals surface area (Å²) in [6, 6.07) is 13.4. The van der Waals surface area contributed by atoms with Crippen LogP contribution < -0.4 is 11.1 Å². The maximum absolute atomic E-state index is 12.3. The van der Waals surface area contributed by atoms with E-state index in [4.69, 9.17) is 5.73 Å². The minimum absolute atomic E-state index is 0.0519. The lowest BCUT2D eigenvalue weighted by Crippen LogP contribution is -2.26. The van der Waals surface area contributed by atoms with Gasteiger partial charge < -0.3 is 11.1 Å². The summed E-state index contributed by atoms with van der Waals surface area (Å²) in [6.45, 7) is 5.95. The third-order valence-corrected chi connectivity index (χ3v) is 3.27. The molecule has 0 saturated heterocycles. The molecule has 1 unspecified atom stereocenters. The summed E-state index contributed by atoms with van der Waals surface area (Å²) in [5.74, 6) is -0.0545. The van der Waals surface area contributed by atoms with Crippen molar-refractivity contribution < 1.29 is 4.79 Å². The molecule has 0 heterocycles. The van der Waals surface area contributed by atoms with Gasteiger partial charge in [-0.3, -0.25) is 4.79 Å². The van der Waals surface area contributed by atoms with E-state index in [-0.39, 0.29) is 11.9 Å². The highest BCUT2D eigenvalue weighted by molar-refractivity contribution is 5.94. The van der Waals surface area contributed by atoms with Gasteiger partial charge in [-0.15, -0.1) is 0 Å². The molecule has 2 aromatic rings. The number of nitrogens with one attached hydrogen (secondary N) is 1. The molecule has 1 atom stereocenters. The Bertz CT molecular complexity index is 597. The Morgan fingerprint density at radius 2 is 1.60 bits per heavy atom. The van der Waals surface area contributed by atoms with Gasteiger partial charge in [-0.2, -0.15) is 0 Å². The van der Waals surface area contributed by atoms with Gasteiger partial charge >= 0.3 is 0 Å². The predicted molar refractivity (Wildman–Crippen MR) is 82.7 cm³/mol. The van der Waals surface area contributed by atoms with Gasteiger partial charge in [0.25, 0.3) is 5.91 Å². The summed E-state index contributed by atoms with van der Waals surface area (Å²) in [5, 5.41) is 3.01. The summed E-state index contributed by atoms with van der Waals surface area (Å²) < 4.78 is 0. The summed E-state index contributed by atoms with van der Waals surface area (Å²) in [7, 11) is 0. The van der Waals surface area contributed by atoms with Gasteiger partial charge in [0.2, 0.25) is 0 Å². The van der Waals surface area contributed by atoms with Gasteiger partial charge in [0.15, 0.2) is 0 Å². The zero-order valence-electron chi connectivity index (χ0n) is 12.1. The maximum atomic E-state index is 12.3. The van der Waals surface area contributed by atoms with Gasteiger partial charge in [0, 0.05) is 11.3 Å². The number of hydrogen-bond acceptors (Lipinski definition) is 2. The number of rotatable bonds is 3. The van der Waals surface area contributed by atoms with Crippen LogP contribution in [0.2, 0.25) is 0 Å². The van der Waals surface area contributed by atoms with Gasteiger partial charge in [-0.25, -0.2) is 0 Å². The van der Waals surface area contributed by atoms with Crippen LogP contribution in [0.4, 0.5) is 5.69 Å². The number of nitrogen functional groups attached to an aromatic ring is 1. The first-order valence-corrected chi connectivity index (χ1v) is 6.70. The zero-order valence-corrected chi connectivity index (χ0v) is 12.1. The molecule has 0 saturated carbocycles. The highest BCUT2D eigenvalue weighted by Crippen LogP contribution is 2.16. The van der Waals surface area contributed by atoms with Crippen LogP contribution in [-0.2, 0) is 0 Å². The molecule has 0 radical (unpaired) electrons. The second kappa shape index (κ2) is 5.78. The fraction of sp³-hybridized carbons (Fsp3) is 0.235. The number of nitrogens with two attached hydrogens (primary N) is 1. The average Bonchev–Trinajstić information content (AvgIpc) is 2.38. The van der Waals surface area contributed by atoms with E-state index in [1.807, 2.05) is 57.2 Å². The SMILES string of the molecule is Cc1cc(C)cc(C(=O)NC(C)c2ccc(N)cc2)c1. The molecule has 3 N–H and O–H groups in total. The lowest BCUT2D eigenvalue weighted by Gasteiger charge is -2.15. The van der Waals surface area contributed by atoms with Crippen LogP contribution in [0.3, 0.4) is 0 Å². The third-order valence-electron chi connectivity index (χ3n) is 3.27. The number of benzene rings is 2. The number of amides is 1. The summed E-state index contributed by atoms with van der Waals surface area (Å²) in [6.07, 6.45) is 0. The molecule has 104 valence electrons. The van der Waals surface area contributed by atoms with Crippen molar-refractivity contribution in [1.82, 2.24) is 5.32 Å². The number of anilines is 1. The van der Waals surface area contributed by atoms with Crippen molar-refractivity contribution in [3.63, 3.8) is 0 Å². The van der Waals surface area contributed by atoms with Crippen LogP contribution in [0.5, 0.6) is 0 Å². The highest BCUT2D eigenvalue weighted by atomic mass is 16.1. The Balaban J connectivity index is 2.12. The van der Waals surface area contributed by atoms with Gasteiger partial charge in [-0.05, 0) is 50.6 Å². The molecule has 3 heteroatoms. The first kappa shape index (κ1) is 14.1. The molecule has 0 aliphatic carbocycles. The molecule has 20 heavy (non-hydrogen) atoms. The molecule has 0 fully saturated rings.